The molecule has 0 amide bonds. The maximum absolute atomic E-state index is 11.4. The zero-order valence-corrected chi connectivity index (χ0v) is 11.7. The number of carboxylic acids is 1. The van der Waals surface area contributed by atoms with Crippen molar-refractivity contribution in [3.63, 3.8) is 0 Å². The third-order valence-corrected chi connectivity index (χ3v) is 3.13. The topological polar surface area (TPSA) is 81.4 Å². The van der Waals surface area contributed by atoms with Crippen molar-refractivity contribution in [1.29, 1.82) is 0 Å². The summed E-state index contributed by atoms with van der Waals surface area (Å²) in [5.74, 6) is -1.36. The lowest BCUT2D eigenvalue weighted by Gasteiger charge is -2.09. The Morgan fingerprint density at radius 1 is 1.38 bits per heavy atom. The number of aryl methyl sites for hydroxylation is 1. The van der Waals surface area contributed by atoms with Crippen molar-refractivity contribution < 1.29 is 19.4 Å². The molecule has 6 nitrogen and oxygen atoms in total. The van der Waals surface area contributed by atoms with E-state index in [1.807, 2.05) is 18.3 Å². The molecule has 0 atom stereocenters. The average molecular weight is 288 g/mol. The van der Waals surface area contributed by atoms with Crippen molar-refractivity contribution >= 4 is 11.9 Å². The Hall–Kier alpha value is -2.63. The van der Waals surface area contributed by atoms with E-state index >= 15 is 0 Å². The summed E-state index contributed by atoms with van der Waals surface area (Å²) >= 11 is 0. The fraction of sp³-hybridized carbons (Fsp3) is 0.267. The molecule has 1 aromatic heterocycles. The monoisotopic (exact) mass is 288 g/mol. The predicted molar refractivity (Wildman–Crippen MR) is 75.1 cm³/mol. The van der Waals surface area contributed by atoms with Crippen molar-refractivity contribution in [2.24, 2.45) is 0 Å². The molecule has 2 aromatic rings. The fourth-order valence-corrected chi connectivity index (χ4v) is 2.06. The Morgan fingerprint density at radius 3 is 2.81 bits per heavy atom. The van der Waals surface area contributed by atoms with Crippen LogP contribution in [0.2, 0.25) is 0 Å². The molecule has 0 unspecified atom stereocenters. The molecular formula is C15H16N2O4. The Kier molecular flexibility index (Phi) is 4.71. The lowest BCUT2D eigenvalue weighted by Crippen LogP contribution is -2.08. The Labute approximate surface area is 122 Å². The van der Waals surface area contributed by atoms with E-state index in [0.29, 0.717) is 18.5 Å². The highest BCUT2D eigenvalue weighted by atomic mass is 16.5. The number of carboxylic acid groups (broad SMARTS) is 1. The van der Waals surface area contributed by atoms with Gasteiger partial charge in [0, 0.05) is 18.8 Å². The van der Waals surface area contributed by atoms with Gasteiger partial charge in [0.05, 0.1) is 19.2 Å². The summed E-state index contributed by atoms with van der Waals surface area (Å²) in [7, 11) is 1.31. The SMILES string of the molecule is COC(=O)CCc1ccc(Cn2cccn2)cc1C(=O)O. The third-order valence-electron chi connectivity index (χ3n) is 3.13. The molecule has 1 N–H and O–H groups in total. The number of carbonyl (C=O) groups is 2. The van der Waals surface area contributed by atoms with Crippen LogP contribution in [-0.2, 0) is 22.5 Å². The zero-order valence-electron chi connectivity index (χ0n) is 11.7. The van der Waals surface area contributed by atoms with Crippen LogP contribution >= 0.6 is 0 Å². The van der Waals surface area contributed by atoms with E-state index in [9.17, 15) is 14.7 Å². The quantitative estimate of drug-likeness (QED) is 0.819. The van der Waals surface area contributed by atoms with Gasteiger partial charge in [0.25, 0.3) is 0 Å². The van der Waals surface area contributed by atoms with Crippen LogP contribution in [0.15, 0.2) is 36.7 Å². The second-order valence-corrected chi connectivity index (χ2v) is 4.58. The van der Waals surface area contributed by atoms with Crippen LogP contribution in [0.3, 0.4) is 0 Å². The summed E-state index contributed by atoms with van der Waals surface area (Å²) in [5.41, 5.74) is 1.68. The molecule has 2 rings (SSSR count). The summed E-state index contributed by atoms with van der Waals surface area (Å²) in [5, 5.41) is 13.4. The first-order valence-electron chi connectivity index (χ1n) is 6.49. The van der Waals surface area contributed by atoms with Gasteiger partial charge in [0.15, 0.2) is 0 Å². The number of hydrogen-bond acceptors (Lipinski definition) is 4. The van der Waals surface area contributed by atoms with E-state index in [2.05, 4.69) is 9.84 Å². The summed E-state index contributed by atoms with van der Waals surface area (Å²) in [4.78, 5) is 22.5. The summed E-state index contributed by atoms with van der Waals surface area (Å²) in [6.45, 7) is 0.505. The second kappa shape index (κ2) is 6.69. The lowest BCUT2D eigenvalue weighted by molar-refractivity contribution is -0.140. The standard InChI is InChI=1S/C15H16N2O4/c1-21-14(18)6-5-12-4-3-11(9-13(12)15(19)20)10-17-8-2-7-16-17/h2-4,7-9H,5-6,10H2,1H3,(H,19,20). The van der Waals surface area contributed by atoms with Crippen LogP contribution in [-0.4, -0.2) is 33.9 Å². The van der Waals surface area contributed by atoms with E-state index in [0.717, 1.165) is 5.56 Å². The van der Waals surface area contributed by atoms with Gasteiger partial charge >= 0.3 is 11.9 Å². The first kappa shape index (κ1) is 14.8. The minimum atomic E-state index is -1.00. The van der Waals surface area contributed by atoms with Gasteiger partial charge in [-0.25, -0.2) is 4.79 Å². The van der Waals surface area contributed by atoms with Crippen LogP contribution < -0.4 is 0 Å². The van der Waals surface area contributed by atoms with E-state index in [4.69, 9.17) is 0 Å². The van der Waals surface area contributed by atoms with Crippen LogP contribution in [0.1, 0.15) is 27.9 Å². The molecule has 1 heterocycles. The van der Waals surface area contributed by atoms with E-state index in [1.165, 1.54) is 7.11 Å². The molecule has 0 spiro atoms. The fourth-order valence-electron chi connectivity index (χ4n) is 2.06. The van der Waals surface area contributed by atoms with Gasteiger partial charge in [0.2, 0.25) is 0 Å². The predicted octanol–water partition coefficient (Wildman–Crippen LogP) is 1.74. The van der Waals surface area contributed by atoms with Crippen LogP contribution in [0, 0.1) is 0 Å². The maximum Gasteiger partial charge on any atom is 0.335 e. The highest BCUT2D eigenvalue weighted by Gasteiger charge is 2.13. The average Bonchev–Trinajstić information content (AvgIpc) is 2.98. The van der Waals surface area contributed by atoms with E-state index in [-0.39, 0.29) is 18.0 Å². The molecule has 0 saturated heterocycles. The van der Waals surface area contributed by atoms with Gasteiger partial charge in [-0.15, -0.1) is 0 Å². The maximum atomic E-state index is 11.4. The first-order chi connectivity index (χ1) is 10.1. The number of hydrogen-bond donors (Lipinski definition) is 1. The Morgan fingerprint density at radius 2 is 2.19 bits per heavy atom. The number of benzene rings is 1. The van der Waals surface area contributed by atoms with Crippen molar-refractivity contribution in [2.45, 2.75) is 19.4 Å². The van der Waals surface area contributed by atoms with E-state index in [1.54, 1.807) is 23.0 Å². The van der Waals surface area contributed by atoms with E-state index < -0.39 is 5.97 Å². The van der Waals surface area contributed by atoms with Gasteiger partial charge in [-0.1, -0.05) is 12.1 Å². The number of ether oxygens (including phenoxy) is 1. The highest BCUT2D eigenvalue weighted by molar-refractivity contribution is 5.89. The molecular weight excluding hydrogens is 272 g/mol. The van der Waals surface area contributed by atoms with Crippen molar-refractivity contribution in [1.82, 2.24) is 9.78 Å². The summed E-state index contributed by atoms with van der Waals surface area (Å²) in [6, 6.07) is 7.02. The lowest BCUT2D eigenvalue weighted by atomic mass is 10.00. The minimum absolute atomic E-state index is 0.162. The molecule has 0 fully saturated rings. The normalized spacial score (nSPS) is 10.3. The number of aromatic nitrogens is 2. The number of nitrogens with zero attached hydrogens (tertiary/aromatic N) is 2. The van der Waals surface area contributed by atoms with Gasteiger partial charge < -0.3 is 9.84 Å². The van der Waals surface area contributed by atoms with Gasteiger partial charge in [-0.05, 0) is 29.7 Å². The Bertz CT molecular complexity index is 635. The molecule has 0 radical (unpaired) electrons. The molecule has 21 heavy (non-hydrogen) atoms. The Balaban J connectivity index is 2.18. The highest BCUT2D eigenvalue weighted by Crippen LogP contribution is 2.15. The summed E-state index contributed by atoms with van der Waals surface area (Å²) < 4.78 is 6.29. The second-order valence-electron chi connectivity index (χ2n) is 4.58. The molecule has 1 aromatic carbocycles. The van der Waals surface area contributed by atoms with Crippen LogP contribution in [0.25, 0.3) is 0 Å². The first-order valence-corrected chi connectivity index (χ1v) is 6.49. The smallest absolute Gasteiger partial charge is 0.335 e. The zero-order chi connectivity index (χ0) is 15.2. The molecule has 110 valence electrons. The summed E-state index contributed by atoms with van der Waals surface area (Å²) in [6.07, 6.45) is 3.99. The molecule has 0 aliphatic carbocycles. The van der Waals surface area contributed by atoms with Crippen LogP contribution in [0.4, 0.5) is 0 Å². The number of esters is 1. The van der Waals surface area contributed by atoms with Gasteiger partial charge in [-0.2, -0.15) is 5.10 Å². The van der Waals surface area contributed by atoms with Crippen LogP contribution in [0.5, 0.6) is 0 Å². The molecule has 0 aliphatic rings. The number of rotatable bonds is 6. The third kappa shape index (κ3) is 3.92. The minimum Gasteiger partial charge on any atom is -0.478 e. The largest absolute Gasteiger partial charge is 0.478 e. The number of aromatic carboxylic acids is 1. The van der Waals surface area contributed by atoms with Crippen molar-refractivity contribution in [3.05, 3.63) is 53.3 Å². The van der Waals surface area contributed by atoms with Gasteiger partial charge in [0.1, 0.15) is 0 Å². The molecule has 0 saturated carbocycles. The molecule has 0 bridgehead atoms. The van der Waals surface area contributed by atoms with Crippen molar-refractivity contribution in [2.75, 3.05) is 7.11 Å². The molecule has 0 aliphatic heterocycles. The number of methoxy groups -OCH3 is 1. The van der Waals surface area contributed by atoms with Gasteiger partial charge in [-0.3, -0.25) is 9.48 Å². The molecule has 6 heteroatoms. The number of carbonyl (C=O) groups excluding carboxylic acids is 1. The van der Waals surface area contributed by atoms with Crippen molar-refractivity contribution in [3.8, 4) is 0 Å².